The van der Waals surface area contributed by atoms with E-state index in [0.717, 1.165) is 17.5 Å². The number of rotatable bonds is 4. The van der Waals surface area contributed by atoms with E-state index >= 15 is 0 Å². The van der Waals surface area contributed by atoms with Gasteiger partial charge in [-0.2, -0.15) is 0 Å². The predicted molar refractivity (Wildman–Crippen MR) is 85.8 cm³/mol. The van der Waals surface area contributed by atoms with Crippen LogP contribution in [0.4, 0.5) is 10.5 Å². The van der Waals surface area contributed by atoms with E-state index in [9.17, 15) is 9.59 Å². The van der Waals surface area contributed by atoms with Crippen molar-refractivity contribution in [1.29, 1.82) is 0 Å². The number of hydrogen-bond donors (Lipinski definition) is 0. The van der Waals surface area contributed by atoms with Gasteiger partial charge < -0.3 is 4.90 Å². The van der Waals surface area contributed by atoms with Crippen molar-refractivity contribution in [3.8, 4) is 0 Å². The monoisotopic (exact) mass is 294 g/mol. The van der Waals surface area contributed by atoms with E-state index in [0.29, 0.717) is 12.2 Å². The number of benzene rings is 2. The zero-order chi connectivity index (χ0) is 15.5. The summed E-state index contributed by atoms with van der Waals surface area (Å²) in [7, 11) is 0. The second kappa shape index (κ2) is 6.02. The number of para-hydroxylation sites is 1. The van der Waals surface area contributed by atoms with Crippen molar-refractivity contribution in [3.63, 3.8) is 0 Å². The molecular weight excluding hydrogens is 276 g/mol. The molecule has 3 rings (SSSR count). The summed E-state index contributed by atoms with van der Waals surface area (Å²) >= 11 is 0. The maximum Gasteiger partial charge on any atom is 0.331 e. The Bertz CT molecular complexity index is 697. The number of amides is 3. The molecule has 0 radical (unpaired) electrons. The van der Waals surface area contributed by atoms with Crippen LogP contribution in [-0.2, 0) is 11.2 Å². The molecule has 0 spiro atoms. The molecule has 0 unspecified atom stereocenters. The van der Waals surface area contributed by atoms with Crippen LogP contribution in [0.25, 0.3) is 0 Å². The van der Waals surface area contributed by atoms with Gasteiger partial charge in [0.15, 0.2) is 0 Å². The number of carbonyl (C=O) groups is 2. The molecule has 2 aromatic carbocycles. The van der Waals surface area contributed by atoms with Crippen LogP contribution < -0.4 is 4.90 Å². The fourth-order valence-corrected chi connectivity index (χ4v) is 2.68. The zero-order valence-corrected chi connectivity index (χ0v) is 12.5. The van der Waals surface area contributed by atoms with Gasteiger partial charge in [-0.3, -0.25) is 4.79 Å². The van der Waals surface area contributed by atoms with Gasteiger partial charge in [-0.1, -0.05) is 48.5 Å². The number of carbonyl (C=O) groups excluding carboxylic acids is 2. The minimum atomic E-state index is -0.227. The van der Waals surface area contributed by atoms with Gasteiger partial charge in [0.25, 0.3) is 5.91 Å². The molecule has 0 bridgehead atoms. The smallest absolute Gasteiger partial charge is 0.314 e. The number of imide groups is 1. The van der Waals surface area contributed by atoms with Crippen LogP contribution in [0.5, 0.6) is 0 Å². The molecule has 0 aliphatic carbocycles. The molecule has 1 saturated heterocycles. The lowest BCUT2D eigenvalue weighted by Gasteiger charge is -2.18. The van der Waals surface area contributed by atoms with E-state index < -0.39 is 0 Å². The topological polar surface area (TPSA) is 40.6 Å². The van der Waals surface area contributed by atoms with Crippen molar-refractivity contribution < 1.29 is 9.59 Å². The van der Waals surface area contributed by atoms with Crippen LogP contribution in [0, 0.1) is 6.92 Å². The molecule has 1 heterocycles. The van der Waals surface area contributed by atoms with Crippen LogP contribution in [0.3, 0.4) is 0 Å². The quantitative estimate of drug-likeness (QED) is 0.813. The van der Waals surface area contributed by atoms with Crippen LogP contribution in [0.15, 0.2) is 54.6 Å². The van der Waals surface area contributed by atoms with Crippen LogP contribution in [0.1, 0.15) is 11.1 Å². The van der Waals surface area contributed by atoms with E-state index in [1.54, 1.807) is 4.90 Å². The first kappa shape index (κ1) is 14.3. The molecule has 1 aliphatic rings. The summed E-state index contributed by atoms with van der Waals surface area (Å²) in [5, 5.41) is 0. The standard InChI is InChI=1S/C18H18N2O2/c1-14-7-5-6-10-16(14)20-17(21)13-19(18(20)22)12-11-15-8-3-2-4-9-15/h2-10H,11-13H2,1H3. The highest BCUT2D eigenvalue weighted by Crippen LogP contribution is 2.24. The molecule has 112 valence electrons. The van der Waals surface area contributed by atoms with Gasteiger partial charge in [-0.05, 0) is 30.5 Å². The Morgan fingerprint density at radius 3 is 2.36 bits per heavy atom. The highest BCUT2D eigenvalue weighted by Gasteiger charge is 2.37. The first-order valence-electron chi connectivity index (χ1n) is 7.38. The second-order valence-corrected chi connectivity index (χ2v) is 5.46. The number of hydrogen-bond acceptors (Lipinski definition) is 2. The average Bonchev–Trinajstić information content (AvgIpc) is 2.81. The third kappa shape index (κ3) is 2.72. The maximum atomic E-state index is 12.5. The van der Waals surface area contributed by atoms with E-state index in [1.165, 1.54) is 4.90 Å². The lowest BCUT2D eigenvalue weighted by molar-refractivity contribution is -0.116. The molecule has 0 aromatic heterocycles. The van der Waals surface area contributed by atoms with Crippen LogP contribution >= 0.6 is 0 Å². The minimum absolute atomic E-state index is 0.153. The zero-order valence-electron chi connectivity index (χ0n) is 12.5. The summed E-state index contributed by atoms with van der Waals surface area (Å²) < 4.78 is 0. The Morgan fingerprint density at radius 1 is 0.955 bits per heavy atom. The molecule has 2 aromatic rings. The third-order valence-electron chi connectivity index (χ3n) is 3.91. The van der Waals surface area contributed by atoms with Gasteiger partial charge in [-0.15, -0.1) is 0 Å². The van der Waals surface area contributed by atoms with Gasteiger partial charge in [0.1, 0.15) is 6.54 Å². The molecular formula is C18H18N2O2. The average molecular weight is 294 g/mol. The summed E-state index contributed by atoms with van der Waals surface area (Å²) in [5.74, 6) is -0.160. The van der Waals surface area contributed by atoms with E-state index in [2.05, 4.69) is 0 Å². The van der Waals surface area contributed by atoms with Gasteiger partial charge in [0, 0.05) is 6.54 Å². The first-order chi connectivity index (χ1) is 10.7. The number of nitrogens with zero attached hydrogens (tertiary/aromatic N) is 2. The van der Waals surface area contributed by atoms with Crippen molar-refractivity contribution in [3.05, 3.63) is 65.7 Å². The fourth-order valence-electron chi connectivity index (χ4n) is 2.68. The number of anilines is 1. The fraction of sp³-hybridized carbons (Fsp3) is 0.222. The molecule has 4 nitrogen and oxygen atoms in total. The summed E-state index contributed by atoms with van der Waals surface area (Å²) in [5.41, 5.74) is 2.77. The van der Waals surface area contributed by atoms with Crippen molar-refractivity contribution in [2.24, 2.45) is 0 Å². The third-order valence-corrected chi connectivity index (χ3v) is 3.91. The summed E-state index contributed by atoms with van der Waals surface area (Å²) in [6.07, 6.45) is 0.751. The Balaban J connectivity index is 1.73. The molecule has 22 heavy (non-hydrogen) atoms. The van der Waals surface area contributed by atoms with Crippen molar-refractivity contribution in [2.75, 3.05) is 18.0 Å². The van der Waals surface area contributed by atoms with Crippen LogP contribution in [0.2, 0.25) is 0 Å². The van der Waals surface area contributed by atoms with Gasteiger partial charge in [0.2, 0.25) is 0 Å². The maximum absolute atomic E-state index is 12.5. The number of urea groups is 1. The molecule has 3 amide bonds. The summed E-state index contributed by atoms with van der Waals surface area (Å²) in [6, 6.07) is 17.2. The molecule has 0 N–H and O–H groups in total. The Morgan fingerprint density at radius 2 is 1.64 bits per heavy atom. The van der Waals surface area contributed by atoms with E-state index in [4.69, 9.17) is 0 Å². The van der Waals surface area contributed by atoms with Crippen molar-refractivity contribution in [2.45, 2.75) is 13.3 Å². The molecule has 4 heteroatoms. The summed E-state index contributed by atoms with van der Waals surface area (Å²) in [4.78, 5) is 27.6. The van der Waals surface area contributed by atoms with Crippen LogP contribution in [-0.4, -0.2) is 29.9 Å². The van der Waals surface area contributed by atoms with Crippen molar-refractivity contribution >= 4 is 17.6 Å². The Labute approximate surface area is 130 Å². The molecule has 0 atom stereocenters. The molecule has 1 aliphatic heterocycles. The summed E-state index contributed by atoms with van der Waals surface area (Å²) in [6.45, 7) is 2.61. The highest BCUT2D eigenvalue weighted by atomic mass is 16.2. The van der Waals surface area contributed by atoms with Gasteiger partial charge in [-0.25, -0.2) is 9.69 Å². The molecule has 0 saturated carbocycles. The normalized spacial score (nSPS) is 14.8. The number of aryl methyl sites for hydroxylation is 1. The lowest BCUT2D eigenvalue weighted by Crippen LogP contribution is -2.34. The largest absolute Gasteiger partial charge is 0.331 e. The van der Waals surface area contributed by atoms with Gasteiger partial charge >= 0.3 is 6.03 Å². The Kier molecular flexibility index (Phi) is 3.92. The second-order valence-electron chi connectivity index (χ2n) is 5.46. The highest BCUT2D eigenvalue weighted by molar-refractivity contribution is 6.20. The Hall–Kier alpha value is -2.62. The first-order valence-corrected chi connectivity index (χ1v) is 7.38. The lowest BCUT2D eigenvalue weighted by atomic mass is 10.1. The molecule has 1 fully saturated rings. The van der Waals surface area contributed by atoms with Crippen molar-refractivity contribution in [1.82, 2.24) is 4.90 Å². The SMILES string of the molecule is Cc1ccccc1N1C(=O)CN(CCc2ccccc2)C1=O. The van der Waals surface area contributed by atoms with Gasteiger partial charge in [0.05, 0.1) is 5.69 Å². The predicted octanol–water partition coefficient (Wildman–Crippen LogP) is 3.01. The minimum Gasteiger partial charge on any atom is -0.314 e. The van der Waals surface area contributed by atoms with E-state index in [1.807, 2.05) is 61.5 Å². The van der Waals surface area contributed by atoms with E-state index in [-0.39, 0.29) is 18.5 Å².